The third-order valence-electron chi connectivity index (χ3n) is 7.88. The first kappa shape index (κ1) is 29.0. The van der Waals surface area contributed by atoms with Crippen molar-refractivity contribution in [2.24, 2.45) is 5.92 Å². The molecule has 0 heterocycles. The zero-order chi connectivity index (χ0) is 28.1. The van der Waals surface area contributed by atoms with Crippen LogP contribution in [0, 0.1) is 40.8 Å². The Morgan fingerprint density at radius 2 is 1.26 bits per heavy atom. The predicted molar refractivity (Wildman–Crippen MR) is 141 cm³/mol. The monoisotopic (exact) mass is 548 g/mol. The topological polar surface area (TPSA) is 9.23 Å². The van der Waals surface area contributed by atoms with Crippen molar-refractivity contribution < 1.29 is 31.1 Å². The molecule has 1 fully saturated rings. The molecule has 3 aromatic rings. The molecule has 210 valence electrons. The van der Waals surface area contributed by atoms with Crippen LogP contribution in [-0.4, -0.2) is 6.61 Å². The summed E-state index contributed by atoms with van der Waals surface area (Å²) in [7, 11) is 0. The molecule has 0 unspecified atom stereocenters. The molecule has 0 N–H and O–H groups in total. The minimum Gasteiger partial charge on any atom is -0.490 e. The van der Waals surface area contributed by atoms with E-state index in [2.05, 4.69) is 0 Å². The van der Waals surface area contributed by atoms with Crippen molar-refractivity contribution in [1.82, 2.24) is 0 Å². The smallest absolute Gasteiger partial charge is 0.200 e. The maximum Gasteiger partial charge on any atom is 0.200 e. The Labute approximate surface area is 226 Å². The van der Waals surface area contributed by atoms with Crippen molar-refractivity contribution in [3.63, 3.8) is 0 Å². The van der Waals surface area contributed by atoms with E-state index in [1.165, 1.54) is 30.3 Å². The van der Waals surface area contributed by atoms with Gasteiger partial charge in [0, 0.05) is 11.1 Å². The van der Waals surface area contributed by atoms with Crippen LogP contribution in [0.4, 0.5) is 26.3 Å². The van der Waals surface area contributed by atoms with Crippen LogP contribution >= 0.6 is 0 Å². The molecule has 7 heteroatoms. The molecule has 39 heavy (non-hydrogen) atoms. The zero-order valence-electron chi connectivity index (χ0n) is 22.4. The van der Waals surface area contributed by atoms with E-state index in [4.69, 9.17) is 4.74 Å². The van der Waals surface area contributed by atoms with Gasteiger partial charge < -0.3 is 4.74 Å². The van der Waals surface area contributed by atoms with Crippen LogP contribution in [0.5, 0.6) is 5.75 Å². The maximum atomic E-state index is 15.1. The fourth-order valence-corrected chi connectivity index (χ4v) is 5.45. The van der Waals surface area contributed by atoms with E-state index in [-0.39, 0.29) is 52.9 Å². The van der Waals surface area contributed by atoms with Gasteiger partial charge in [-0.05, 0) is 79.5 Å². The lowest BCUT2D eigenvalue weighted by molar-refractivity contribution is 0.191. The van der Waals surface area contributed by atoms with E-state index >= 15 is 8.78 Å². The molecule has 1 saturated carbocycles. The molecule has 3 aromatic carbocycles. The van der Waals surface area contributed by atoms with Crippen LogP contribution in [0.15, 0.2) is 36.4 Å². The van der Waals surface area contributed by atoms with Crippen molar-refractivity contribution in [3.05, 3.63) is 88.0 Å². The minimum absolute atomic E-state index is 0.0641. The highest BCUT2D eigenvalue weighted by molar-refractivity contribution is 5.66. The Morgan fingerprint density at radius 3 is 1.92 bits per heavy atom. The summed E-state index contributed by atoms with van der Waals surface area (Å²) < 4.78 is 93.4. The average molecular weight is 549 g/mol. The van der Waals surface area contributed by atoms with Crippen LogP contribution < -0.4 is 4.74 Å². The number of halogens is 6. The number of hydrogen-bond acceptors (Lipinski definition) is 1. The summed E-state index contributed by atoms with van der Waals surface area (Å²) in [6.07, 6.45) is 5.92. The van der Waals surface area contributed by atoms with Crippen molar-refractivity contribution in [1.29, 1.82) is 0 Å². The first-order valence-electron chi connectivity index (χ1n) is 13.8. The lowest BCUT2D eigenvalue weighted by Gasteiger charge is -2.29. The van der Waals surface area contributed by atoms with E-state index in [9.17, 15) is 17.6 Å². The molecular weight excluding hydrogens is 514 g/mol. The Morgan fingerprint density at radius 1 is 0.641 bits per heavy atom. The third-order valence-corrected chi connectivity index (χ3v) is 7.88. The number of hydrogen-bond donors (Lipinski definition) is 0. The Hall–Kier alpha value is -2.96. The molecule has 0 bridgehead atoms. The van der Waals surface area contributed by atoms with Gasteiger partial charge in [-0.25, -0.2) is 22.0 Å². The summed E-state index contributed by atoms with van der Waals surface area (Å²) >= 11 is 0. The van der Waals surface area contributed by atoms with E-state index in [1.54, 1.807) is 13.0 Å². The normalized spacial score (nSPS) is 17.4. The lowest BCUT2D eigenvalue weighted by Crippen LogP contribution is -2.20. The molecule has 4 rings (SSSR count). The number of rotatable bonds is 10. The van der Waals surface area contributed by atoms with E-state index in [0.29, 0.717) is 37.7 Å². The first-order valence-corrected chi connectivity index (χ1v) is 13.8. The standard InChI is InChI=1S/C32H34F6O/c1-3-5-6-7-22-13-17-26(32(38)28(22)34)39-18-19-8-10-21(11-9-19)23-15-16-25(31(37)29(23)35)24-14-12-20(4-2)27(33)30(24)36/h12-17,19,21H,3-11,18H2,1-2H3. The van der Waals surface area contributed by atoms with Crippen LogP contribution in [0.2, 0.25) is 0 Å². The highest BCUT2D eigenvalue weighted by atomic mass is 19.2. The maximum absolute atomic E-state index is 15.1. The predicted octanol–water partition coefficient (Wildman–Crippen LogP) is 9.84. The van der Waals surface area contributed by atoms with Crippen LogP contribution in [0.25, 0.3) is 11.1 Å². The molecular formula is C32H34F6O. The van der Waals surface area contributed by atoms with Gasteiger partial charge in [-0.15, -0.1) is 0 Å². The number of ether oxygens (including phenoxy) is 1. The summed E-state index contributed by atoms with van der Waals surface area (Å²) in [6.45, 7) is 3.93. The van der Waals surface area contributed by atoms with E-state index < -0.39 is 34.9 Å². The summed E-state index contributed by atoms with van der Waals surface area (Å²) in [6, 6.07) is 8.44. The molecule has 0 atom stereocenters. The number of benzene rings is 3. The van der Waals surface area contributed by atoms with Crippen LogP contribution in [0.3, 0.4) is 0 Å². The highest BCUT2D eigenvalue weighted by Gasteiger charge is 2.28. The van der Waals surface area contributed by atoms with Gasteiger partial charge in [0.2, 0.25) is 5.82 Å². The first-order chi connectivity index (χ1) is 18.8. The SMILES string of the molecule is CCCCCc1ccc(OCC2CCC(c3ccc(-c4ccc(CC)c(F)c4F)c(F)c3F)CC2)c(F)c1F. The third kappa shape index (κ3) is 6.28. The fourth-order valence-electron chi connectivity index (χ4n) is 5.45. The van der Waals surface area contributed by atoms with Gasteiger partial charge in [0.15, 0.2) is 34.8 Å². The van der Waals surface area contributed by atoms with Gasteiger partial charge in [0.25, 0.3) is 0 Å². The van der Waals surface area contributed by atoms with Crippen LogP contribution in [0.1, 0.15) is 81.4 Å². The molecule has 0 spiro atoms. The molecule has 1 nitrogen and oxygen atoms in total. The molecule has 0 amide bonds. The molecule has 1 aliphatic rings. The summed E-state index contributed by atoms with van der Waals surface area (Å²) in [5.74, 6) is -6.63. The van der Waals surface area contributed by atoms with E-state index in [0.717, 1.165) is 19.3 Å². The summed E-state index contributed by atoms with van der Waals surface area (Å²) in [4.78, 5) is 0. The molecule has 0 saturated heterocycles. The van der Waals surface area contributed by atoms with Crippen molar-refractivity contribution in [2.75, 3.05) is 6.61 Å². The summed E-state index contributed by atoms with van der Waals surface area (Å²) in [5.41, 5.74) is 0.0874. The number of unbranched alkanes of at least 4 members (excludes halogenated alkanes) is 2. The minimum atomic E-state index is -1.20. The van der Waals surface area contributed by atoms with Gasteiger partial charge in [-0.3, -0.25) is 0 Å². The Kier molecular flexibility index (Phi) is 9.62. The largest absolute Gasteiger partial charge is 0.490 e. The second-order valence-corrected chi connectivity index (χ2v) is 10.4. The van der Waals surface area contributed by atoms with Crippen molar-refractivity contribution in [2.45, 2.75) is 77.6 Å². The zero-order valence-corrected chi connectivity index (χ0v) is 22.4. The molecule has 0 aliphatic heterocycles. The molecule has 1 aliphatic carbocycles. The van der Waals surface area contributed by atoms with Crippen LogP contribution in [-0.2, 0) is 12.8 Å². The number of aryl methyl sites for hydroxylation is 2. The molecule has 0 aromatic heterocycles. The van der Waals surface area contributed by atoms with Crippen molar-refractivity contribution >= 4 is 0 Å². The second-order valence-electron chi connectivity index (χ2n) is 10.4. The quantitative estimate of drug-likeness (QED) is 0.181. The highest BCUT2D eigenvalue weighted by Crippen LogP contribution is 2.40. The molecule has 0 radical (unpaired) electrons. The second kappa shape index (κ2) is 12.9. The van der Waals surface area contributed by atoms with Gasteiger partial charge in [-0.2, -0.15) is 4.39 Å². The van der Waals surface area contributed by atoms with Gasteiger partial charge in [-0.1, -0.05) is 57.0 Å². The van der Waals surface area contributed by atoms with Gasteiger partial charge in [0.05, 0.1) is 6.61 Å². The van der Waals surface area contributed by atoms with Crippen molar-refractivity contribution in [3.8, 4) is 16.9 Å². The lowest BCUT2D eigenvalue weighted by atomic mass is 9.78. The fraction of sp³-hybridized carbons (Fsp3) is 0.438. The summed E-state index contributed by atoms with van der Waals surface area (Å²) in [5, 5.41) is 0. The Balaban J connectivity index is 1.38. The van der Waals surface area contributed by atoms with Gasteiger partial charge in [0.1, 0.15) is 0 Å². The Bertz CT molecular complexity index is 1300. The van der Waals surface area contributed by atoms with E-state index in [1.807, 2.05) is 6.92 Å². The average Bonchev–Trinajstić information content (AvgIpc) is 2.94. The van der Waals surface area contributed by atoms with Gasteiger partial charge >= 0.3 is 0 Å².